The number of rotatable bonds is 6. The average molecular weight is 460 g/mol. The number of carbonyl (C=O) groups excluding carboxylic acids is 2. The lowest BCUT2D eigenvalue weighted by molar-refractivity contribution is -0.119. The molecule has 0 aliphatic heterocycles. The molecule has 2 N–H and O–H groups in total. The molecule has 1 fully saturated rings. The summed E-state index contributed by atoms with van der Waals surface area (Å²) in [4.78, 5) is 28.4. The van der Waals surface area contributed by atoms with Crippen molar-refractivity contribution < 1.29 is 14.0 Å². The van der Waals surface area contributed by atoms with Gasteiger partial charge in [0.2, 0.25) is 11.8 Å². The lowest BCUT2D eigenvalue weighted by Crippen LogP contribution is -2.27. The Morgan fingerprint density at radius 1 is 1.29 bits per heavy atom. The molecule has 8 heteroatoms. The molecule has 0 spiro atoms. The molecule has 2 heterocycles. The molecule has 0 unspecified atom stereocenters. The number of hydrogen-bond donors (Lipinski definition) is 2. The van der Waals surface area contributed by atoms with E-state index in [0.29, 0.717) is 28.9 Å². The number of aromatic nitrogens is 1. The van der Waals surface area contributed by atoms with Crippen LogP contribution in [0.3, 0.4) is 0 Å². The number of amides is 2. The molecule has 1 aliphatic rings. The molecule has 3 aromatic rings. The van der Waals surface area contributed by atoms with Gasteiger partial charge in [0, 0.05) is 16.8 Å². The number of nitrogens with zero attached hydrogens (tertiary/aromatic N) is 1. The molecule has 1 aliphatic carbocycles. The van der Waals surface area contributed by atoms with Crippen LogP contribution in [-0.2, 0) is 21.5 Å². The Bertz CT molecular complexity index is 1040. The number of thiazole rings is 1. The number of carbonyl (C=O) groups is 2. The van der Waals surface area contributed by atoms with E-state index in [1.807, 2.05) is 35.7 Å². The van der Waals surface area contributed by atoms with Gasteiger partial charge in [0.25, 0.3) is 0 Å². The molecular weight excluding hydrogens is 442 g/mol. The van der Waals surface area contributed by atoms with Crippen molar-refractivity contribution in [2.24, 2.45) is 0 Å². The number of nitrogens with one attached hydrogen (secondary N) is 2. The minimum absolute atomic E-state index is 0.0303. The molecule has 0 saturated heterocycles. The zero-order valence-corrected chi connectivity index (χ0v) is 17.5. The summed E-state index contributed by atoms with van der Waals surface area (Å²) < 4.78 is 6.68. The van der Waals surface area contributed by atoms with E-state index >= 15 is 0 Å². The third kappa shape index (κ3) is 3.88. The minimum atomic E-state index is -0.466. The van der Waals surface area contributed by atoms with Crippen LogP contribution in [0, 0.1) is 0 Å². The van der Waals surface area contributed by atoms with Gasteiger partial charge in [-0.3, -0.25) is 9.59 Å². The highest BCUT2D eigenvalue weighted by Gasteiger charge is 2.51. The van der Waals surface area contributed by atoms with E-state index in [1.54, 1.807) is 6.07 Å². The second kappa shape index (κ2) is 7.52. The Morgan fingerprint density at radius 3 is 2.82 bits per heavy atom. The quantitative estimate of drug-likeness (QED) is 0.569. The second-order valence-corrected chi connectivity index (χ2v) is 8.53. The summed E-state index contributed by atoms with van der Waals surface area (Å²) in [7, 11) is 0. The molecule has 4 rings (SSSR count). The Balaban J connectivity index is 1.45. The maximum absolute atomic E-state index is 12.9. The van der Waals surface area contributed by atoms with Crippen LogP contribution < -0.4 is 10.6 Å². The summed E-state index contributed by atoms with van der Waals surface area (Å²) in [5.74, 6) is 1.11. The molecule has 1 aromatic carbocycles. The molecule has 2 aromatic heterocycles. The van der Waals surface area contributed by atoms with Crippen LogP contribution in [0.25, 0.3) is 11.5 Å². The van der Waals surface area contributed by atoms with Crippen LogP contribution in [0.5, 0.6) is 0 Å². The summed E-state index contributed by atoms with van der Waals surface area (Å²) in [5.41, 5.74) is 1.21. The minimum Gasteiger partial charge on any atom is -0.458 e. The number of hydrogen-bond acceptors (Lipinski definition) is 5. The predicted octanol–water partition coefficient (Wildman–Crippen LogP) is 4.47. The molecule has 6 nitrogen and oxygen atoms in total. The van der Waals surface area contributed by atoms with Crippen molar-refractivity contribution in [1.29, 1.82) is 0 Å². The van der Waals surface area contributed by atoms with Crippen molar-refractivity contribution in [1.82, 2.24) is 10.3 Å². The number of anilines is 1. The fourth-order valence-corrected chi connectivity index (χ4v) is 4.14. The van der Waals surface area contributed by atoms with Crippen molar-refractivity contribution in [2.45, 2.75) is 31.7 Å². The summed E-state index contributed by atoms with van der Waals surface area (Å²) in [6.45, 7) is 1.79. The van der Waals surface area contributed by atoms with Gasteiger partial charge in [-0.15, -0.1) is 11.3 Å². The Kier molecular flexibility index (Phi) is 5.07. The molecule has 0 radical (unpaired) electrons. The highest BCUT2D eigenvalue weighted by molar-refractivity contribution is 9.10. The molecule has 0 bridgehead atoms. The van der Waals surface area contributed by atoms with Gasteiger partial charge in [-0.1, -0.05) is 28.1 Å². The fourth-order valence-electron chi connectivity index (χ4n) is 3.04. The molecular formula is C20H18BrN3O3S. The van der Waals surface area contributed by atoms with Crippen molar-refractivity contribution in [3.05, 3.63) is 57.6 Å². The summed E-state index contributed by atoms with van der Waals surface area (Å²) in [6.07, 6.45) is 1.66. The number of halogens is 1. The zero-order chi connectivity index (χ0) is 19.7. The first-order valence-electron chi connectivity index (χ1n) is 8.83. The van der Waals surface area contributed by atoms with Gasteiger partial charge >= 0.3 is 0 Å². The Hall–Kier alpha value is -2.45. The van der Waals surface area contributed by atoms with Gasteiger partial charge in [-0.05, 0) is 42.7 Å². The maximum atomic E-state index is 12.9. The third-order valence-electron chi connectivity index (χ3n) is 4.71. The highest BCUT2D eigenvalue weighted by Crippen LogP contribution is 2.49. The monoisotopic (exact) mass is 459 g/mol. The summed E-state index contributed by atoms with van der Waals surface area (Å²) >= 11 is 4.83. The molecule has 28 heavy (non-hydrogen) atoms. The van der Waals surface area contributed by atoms with Crippen molar-refractivity contribution in [3.8, 4) is 11.5 Å². The molecule has 0 atom stereocenters. The largest absolute Gasteiger partial charge is 0.458 e. The van der Waals surface area contributed by atoms with E-state index in [9.17, 15) is 9.59 Å². The summed E-state index contributed by atoms with van der Waals surface area (Å²) in [5, 5.41) is 8.03. The third-order valence-corrected chi connectivity index (χ3v) is 5.96. The SMILES string of the molecule is CC(=O)NCc1ccc(-c2csc(NC(=O)C3(c4cccc(Br)c4)CC3)n2)o1. The van der Waals surface area contributed by atoms with Gasteiger partial charge in [-0.2, -0.15) is 0 Å². The van der Waals surface area contributed by atoms with Crippen LogP contribution in [-0.4, -0.2) is 16.8 Å². The molecule has 144 valence electrons. The van der Waals surface area contributed by atoms with Gasteiger partial charge in [-0.25, -0.2) is 4.98 Å². The first-order valence-corrected chi connectivity index (χ1v) is 10.5. The first-order chi connectivity index (χ1) is 13.5. The van der Waals surface area contributed by atoms with Crippen LogP contribution >= 0.6 is 27.3 Å². The fraction of sp³-hybridized carbons (Fsp3) is 0.250. The van der Waals surface area contributed by atoms with Crippen LogP contribution in [0.2, 0.25) is 0 Å². The predicted molar refractivity (Wildman–Crippen MR) is 111 cm³/mol. The second-order valence-electron chi connectivity index (χ2n) is 6.76. The standard InChI is InChI=1S/C20H18BrN3O3S/c1-12(25)22-10-15-5-6-17(27-15)16-11-28-19(23-16)24-18(26)20(7-8-20)13-3-2-4-14(21)9-13/h2-6,9,11H,7-8,10H2,1H3,(H,22,25)(H,23,24,26). The highest BCUT2D eigenvalue weighted by atomic mass is 79.9. The topological polar surface area (TPSA) is 84.2 Å². The van der Waals surface area contributed by atoms with Gasteiger partial charge in [0.15, 0.2) is 10.9 Å². The van der Waals surface area contributed by atoms with Crippen LogP contribution in [0.15, 0.2) is 50.7 Å². The van der Waals surface area contributed by atoms with E-state index in [4.69, 9.17) is 4.42 Å². The van der Waals surface area contributed by atoms with Crippen LogP contribution in [0.4, 0.5) is 5.13 Å². The molecule has 2 amide bonds. The van der Waals surface area contributed by atoms with Gasteiger partial charge in [0.1, 0.15) is 11.5 Å². The Morgan fingerprint density at radius 2 is 2.11 bits per heavy atom. The van der Waals surface area contributed by atoms with E-state index in [2.05, 4.69) is 31.5 Å². The van der Waals surface area contributed by atoms with Crippen molar-refractivity contribution in [2.75, 3.05) is 5.32 Å². The number of benzene rings is 1. The summed E-state index contributed by atoms with van der Waals surface area (Å²) in [6, 6.07) is 11.5. The van der Waals surface area contributed by atoms with E-state index < -0.39 is 5.41 Å². The maximum Gasteiger partial charge on any atom is 0.236 e. The van der Waals surface area contributed by atoms with Crippen LogP contribution in [0.1, 0.15) is 31.1 Å². The number of furan rings is 1. The average Bonchev–Trinajstić information content (AvgIpc) is 3.12. The normalized spacial score (nSPS) is 14.5. The van der Waals surface area contributed by atoms with E-state index in [-0.39, 0.29) is 11.8 Å². The zero-order valence-electron chi connectivity index (χ0n) is 15.1. The van der Waals surface area contributed by atoms with Crippen molar-refractivity contribution >= 4 is 44.2 Å². The Labute approximate surface area is 174 Å². The van der Waals surface area contributed by atoms with E-state index in [1.165, 1.54) is 18.3 Å². The lowest BCUT2D eigenvalue weighted by Gasteiger charge is -2.14. The van der Waals surface area contributed by atoms with Crippen molar-refractivity contribution in [3.63, 3.8) is 0 Å². The molecule has 1 saturated carbocycles. The van der Waals surface area contributed by atoms with Gasteiger partial charge < -0.3 is 15.1 Å². The van der Waals surface area contributed by atoms with Gasteiger partial charge in [0.05, 0.1) is 12.0 Å². The first kappa shape index (κ1) is 18.9. The van der Waals surface area contributed by atoms with E-state index in [0.717, 1.165) is 22.9 Å². The smallest absolute Gasteiger partial charge is 0.236 e. The lowest BCUT2D eigenvalue weighted by atomic mass is 9.95.